The molecule has 2 aromatic rings. The molecule has 0 aliphatic heterocycles. The Hall–Kier alpha value is -1.81. The summed E-state index contributed by atoms with van der Waals surface area (Å²) in [5.41, 5.74) is 2.86. The molecular formula is C27H35F3O. The third-order valence-corrected chi connectivity index (χ3v) is 6.53. The first-order valence-corrected chi connectivity index (χ1v) is 11.8. The molecule has 170 valence electrons. The molecule has 1 fully saturated rings. The highest BCUT2D eigenvalue weighted by Crippen LogP contribution is 2.38. The molecule has 31 heavy (non-hydrogen) atoms. The van der Waals surface area contributed by atoms with Gasteiger partial charge in [0.15, 0.2) is 0 Å². The molecule has 2 aromatic carbocycles. The lowest BCUT2D eigenvalue weighted by atomic mass is 9.77. The summed E-state index contributed by atoms with van der Waals surface area (Å²) in [4.78, 5) is 0. The van der Waals surface area contributed by atoms with Crippen molar-refractivity contribution in [1.29, 1.82) is 0 Å². The summed E-state index contributed by atoms with van der Waals surface area (Å²) in [5.74, 6) is 1.41. The van der Waals surface area contributed by atoms with Crippen molar-refractivity contribution in [2.45, 2.75) is 90.0 Å². The molecular weight excluding hydrogens is 397 g/mol. The molecule has 0 radical (unpaired) electrons. The van der Waals surface area contributed by atoms with E-state index >= 15 is 0 Å². The quantitative estimate of drug-likeness (QED) is 0.365. The first-order valence-electron chi connectivity index (χ1n) is 11.8. The van der Waals surface area contributed by atoms with Gasteiger partial charge in [-0.05, 0) is 66.2 Å². The first-order chi connectivity index (χ1) is 14.9. The Kier molecular flexibility index (Phi) is 8.59. The first kappa shape index (κ1) is 23.8. The van der Waals surface area contributed by atoms with Gasteiger partial charge in [0.05, 0.1) is 6.61 Å². The maximum atomic E-state index is 14.5. The van der Waals surface area contributed by atoms with Gasteiger partial charge in [-0.1, -0.05) is 81.6 Å². The minimum Gasteiger partial charge on any atom is -0.313 e. The molecule has 4 heteroatoms. The Morgan fingerprint density at radius 1 is 0.871 bits per heavy atom. The molecule has 1 saturated carbocycles. The van der Waals surface area contributed by atoms with Crippen LogP contribution in [0.25, 0.3) is 0 Å². The van der Waals surface area contributed by atoms with Crippen LogP contribution in [0.3, 0.4) is 0 Å². The standard InChI is InChI=1S/C27H35F3O/c1-3-5-20-7-13-23(14-8-20)24-15-11-22(12-16-24)19-31-27(29,30)26(28)25-17-9-21(6-4-2)10-18-25/h9-12,15-18,20,23,26H,3-8,13-14,19H2,1-2H3. The number of hydrogen-bond acceptors (Lipinski definition) is 1. The van der Waals surface area contributed by atoms with Crippen LogP contribution < -0.4 is 0 Å². The maximum Gasteiger partial charge on any atom is 0.391 e. The predicted molar refractivity (Wildman–Crippen MR) is 120 cm³/mol. The summed E-state index contributed by atoms with van der Waals surface area (Å²) in [6.45, 7) is 3.97. The zero-order chi connectivity index (χ0) is 22.3. The van der Waals surface area contributed by atoms with Gasteiger partial charge in [-0.15, -0.1) is 0 Å². The molecule has 0 N–H and O–H groups in total. The van der Waals surface area contributed by atoms with Gasteiger partial charge in [0, 0.05) is 0 Å². The van der Waals surface area contributed by atoms with Gasteiger partial charge < -0.3 is 4.74 Å². The average Bonchev–Trinajstić information content (AvgIpc) is 2.79. The molecule has 1 atom stereocenters. The van der Waals surface area contributed by atoms with E-state index in [9.17, 15) is 13.2 Å². The largest absolute Gasteiger partial charge is 0.391 e. The molecule has 1 nitrogen and oxygen atoms in total. The summed E-state index contributed by atoms with van der Waals surface area (Å²) in [6.07, 6.45) is 2.94. The van der Waals surface area contributed by atoms with Crippen molar-refractivity contribution >= 4 is 0 Å². The van der Waals surface area contributed by atoms with Gasteiger partial charge in [-0.2, -0.15) is 8.78 Å². The van der Waals surface area contributed by atoms with Crippen molar-refractivity contribution in [2.24, 2.45) is 5.92 Å². The Labute approximate surface area is 185 Å². The molecule has 0 bridgehead atoms. The second-order valence-corrected chi connectivity index (χ2v) is 8.95. The summed E-state index contributed by atoms with van der Waals surface area (Å²) < 4.78 is 47.8. The molecule has 1 aliphatic rings. The van der Waals surface area contributed by atoms with E-state index in [2.05, 4.69) is 6.92 Å². The number of alkyl halides is 3. The third kappa shape index (κ3) is 6.58. The molecule has 0 saturated heterocycles. The number of benzene rings is 2. The van der Waals surface area contributed by atoms with Crippen molar-refractivity contribution in [1.82, 2.24) is 0 Å². The zero-order valence-corrected chi connectivity index (χ0v) is 18.8. The van der Waals surface area contributed by atoms with Crippen molar-refractivity contribution in [3.63, 3.8) is 0 Å². The highest BCUT2D eigenvalue weighted by Gasteiger charge is 2.42. The molecule has 3 rings (SSSR count). The van der Waals surface area contributed by atoms with E-state index in [4.69, 9.17) is 4.74 Å². The molecule has 0 aromatic heterocycles. The fraction of sp³-hybridized carbons (Fsp3) is 0.556. The van der Waals surface area contributed by atoms with Gasteiger partial charge in [-0.25, -0.2) is 4.39 Å². The highest BCUT2D eigenvalue weighted by atomic mass is 19.3. The van der Waals surface area contributed by atoms with Crippen LogP contribution in [-0.2, 0) is 17.8 Å². The highest BCUT2D eigenvalue weighted by molar-refractivity contribution is 5.26. The average molecular weight is 433 g/mol. The molecule has 1 aliphatic carbocycles. The lowest BCUT2D eigenvalue weighted by Gasteiger charge is -2.28. The molecule has 0 amide bonds. The summed E-state index contributed by atoms with van der Waals surface area (Å²) >= 11 is 0. The summed E-state index contributed by atoms with van der Waals surface area (Å²) in [6, 6.07) is 14.0. The van der Waals surface area contributed by atoms with Crippen LogP contribution >= 0.6 is 0 Å². The van der Waals surface area contributed by atoms with E-state index < -0.39 is 12.3 Å². The van der Waals surface area contributed by atoms with Crippen LogP contribution in [0.2, 0.25) is 0 Å². The predicted octanol–water partition coefficient (Wildman–Crippen LogP) is 8.53. The van der Waals surface area contributed by atoms with E-state index in [-0.39, 0.29) is 12.2 Å². The van der Waals surface area contributed by atoms with Crippen LogP contribution in [0.4, 0.5) is 13.2 Å². The number of hydrogen-bond donors (Lipinski definition) is 0. The lowest BCUT2D eigenvalue weighted by Crippen LogP contribution is -2.27. The second kappa shape index (κ2) is 11.2. The van der Waals surface area contributed by atoms with Gasteiger partial charge in [-0.3, -0.25) is 0 Å². The van der Waals surface area contributed by atoms with E-state index in [0.29, 0.717) is 11.5 Å². The van der Waals surface area contributed by atoms with E-state index in [0.717, 1.165) is 24.3 Å². The molecule has 0 spiro atoms. The lowest BCUT2D eigenvalue weighted by molar-refractivity contribution is -0.282. The Morgan fingerprint density at radius 2 is 1.48 bits per heavy atom. The smallest absolute Gasteiger partial charge is 0.313 e. The van der Waals surface area contributed by atoms with E-state index in [1.165, 1.54) is 56.2 Å². The minimum absolute atomic E-state index is 0.0566. The van der Waals surface area contributed by atoms with Crippen molar-refractivity contribution in [3.05, 3.63) is 70.8 Å². The maximum absolute atomic E-state index is 14.5. The van der Waals surface area contributed by atoms with Gasteiger partial charge in [0.2, 0.25) is 6.17 Å². The van der Waals surface area contributed by atoms with Crippen LogP contribution in [0.5, 0.6) is 0 Å². The SMILES string of the molecule is CCCc1ccc(C(F)C(F)(F)OCc2ccc(C3CCC(CCC)CC3)cc2)cc1. The Bertz CT molecular complexity index is 777. The van der Waals surface area contributed by atoms with E-state index in [1.54, 1.807) is 12.1 Å². The van der Waals surface area contributed by atoms with Crippen LogP contribution in [0.1, 0.15) is 93.1 Å². The zero-order valence-electron chi connectivity index (χ0n) is 18.8. The number of rotatable bonds is 10. The van der Waals surface area contributed by atoms with Gasteiger partial charge in [0.1, 0.15) is 0 Å². The fourth-order valence-corrected chi connectivity index (χ4v) is 4.67. The molecule has 1 unspecified atom stereocenters. The van der Waals surface area contributed by atoms with Crippen molar-refractivity contribution < 1.29 is 17.9 Å². The summed E-state index contributed by atoms with van der Waals surface area (Å²) in [5, 5.41) is 0. The van der Waals surface area contributed by atoms with E-state index in [1.807, 2.05) is 31.2 Å². The summed E-state index contributed by atoms with van der Waals surface area (Å²) in [7, 11) is 0. The topological polar surface area (TPSA) is 9.23 Å². The van der Waals surface area contributed by atoms with Crippen LogP contribution in [-0.4, -0.2) is 6.11 Å². The Balaban J connectivity index is 1.52. The fourth-order valence-electron chi connectivity index (χ4n) is 4.67. The van der Waals surface area contributed by atoms with Crippen LogP contribution in [0, 0.1) is 5.92 Å². The third-order valence-electron chi connectivity index (χ3n) is 6.53. The number of ether oxygens (including phenoxy) is 1. The minimum atomic E-state index is -3.87. The molecule has 0 heterocycles. The second-order valence-electron chi connectivity index (χ2n) is 8.95. The number of halogens is 3. The van der Waals surface area contributed by atoms with Crippen LogP contribution in [0.15, 0.2) is 48.5 Å². The van der Waals surface area contributed by atoms with Gasteiger partial charge >= 0.3 is 6.11 Å². The monoisotopic (exact) mass is 432 g/mol. The Morgan fingerprint density at radius 3 is 2.06 bits per heavy atom. The number of aryl methyl sites for hydroxylation is 1. The van der Waals surface area contributed by atoms with Crippen molar-refractivity contribution in [2.75, 3.05) is 0 Å². The van der Waals surface area contributed by atoms with Gasteiger partial charge in [0.25, 0.3) is 0 Å². The van der Waals surface area contributed by atoms with Crippen molar-refractivity contribution in [3.8, 4) is 0 Å². The normalized spacial score (nSPS) is 20.5.